The van der Waals surface area contributed by atoms with Gasteiger partial charge in [-0.2, -0.15) is 5.10 Å². The van der Waals surface area contributed by atoms with Crippen LogP contribution in [0.4, 0.5) is 5.82 Å². The van der Waals surface area contributed by atoms with Gasteiger partial charge in [-0.1, -0.05) is 6.07 Å². The molecule has 0 fully saturated rings. The van der Waals surface area contributed by atoms with Gasteiger partial charge in [-0.15, -0.1) is 0 Å². The maximum atomic E-state index is 11.4. The number of nitrogens with one attached hydrogen (secondary N) is 1. The molecule has 0 aromatic carbocycles. The number of methoxy groups -OCH3 is 1. The molecule has 0 bridgehead atoms. The Morgan fingerprint density at radius 1 is 1.23 bits per heavy atom. The summed E-state index contributed by atoms with van der Waals surface area (Å²) in [4.78, 5) is 24.6. The lowest BCUT2D eigenvalue weighted by atomic mass is 10.1. The predicted molar refractivity (Wildman–Crippen MR) is 114 cm³/mol. The molecule has 0 radical (unpaired) electrons. The van der Waals surface area contributed by atoms with Gasteiger partial charge >= 0.3 is 5.97 Å². The molecular weight excluding hydrogens is 396 g/mol. The van der Waals surface area contributed by atoms with Crippen LogP contribution in [0.5, 0.6) is 5.88 Å². The number of fused-ring (bicyclic) bond motifs is 1. The lowest BCUT2D eigenvalue weighted by Crippen LogP contribution is -2.17. The van der Waals surface area contributed by atoms with Crippen molar-refractivity contribution in [1.82, 2.24) is 24.7 Å². The van der Waals surface area contributed by atoms with Gasteiger partial charge in [-0.3, -0.25) is 14.5 Å². The maximum absolute atomic E-state index is 11.4. The van der Waals surface area contributed by atoms with Crippen LogP contribution in [0.1, 0.15) is 47.9 Å². The van der Waals surface area contributed by atoms with Gasteiger partial charge in [0, 0.05) is 18.4 Å². The van der Waals surface area contributed by atoms with Gasteiger partial charge in [0.25, 0.3) is 0 Å². The molecule has 4 heterocycles. The Hall–Kier alpha value is -3.49. The van der Waals surface area contributed by atoms with E-state index in [-0.39, 0.29) is 6.42 Å². The largest absolute Gasteiger partial charge is 0.481 e. The molecule has 1 unspecified atom stereocenters. The highest BCUT2D eigenvalue weighted by Gasteiger charge is 2.21. The lowest BCUT2D eigenvalue weighted by molar-refractivity contribution is -0.137. The Labute approximate surface area is 180 Å². The summed E-state index contributed by atoms with van der Waals surface area (Å²) < 4.78 is 6.68. The fourth-order valence-corrected chi connectivity index (χ4v) is 3.75. The number of hydrogen-bond acceptors (Lipinski definition) is 7. The topological polar surface area (TPSA) is 115 Å². The summed E-state index contributed by atoms with van der Waals surface area (Å²) in [6.07, 6.45) is 9.49. The normalized spacial score (nSPS) is 13.8. The van der Waals surface area contributed by atoms with Crippen LogP contribution < -0.4 is 10.1 Å². The van der Waals surface area contributed by atoms with E-state index in [9.17, 15) is 9.90 Å². The predicted octanol–water partition coefficient (Wildman–Crippen LogP) is 2.67. The van der Waals surface area contributed by atoms with Gasteiger partial charge in [-0.25, -0.2) is 9.97 Å². The van der Waals surface area contributed by atoms with E-state index in [1.807, 2.05) is 6.07 Å². The van der Waals surface area contributed by atoms with E-state index in [0.717, 1.165) is 55.9 Å². The van der Waals surface area contributed by atoms with Crippen molar-refractivity contribution < 1.29 is 14.6 Å². The first kappa shape index (κ1) is 20.8. The number of nitrogens with zero attached hydrogens (tertiary/aromatic N) is 5. The highest BCUT2D eigenvalue weighted by atomic mass is 16.5. The molecule has 9 heteroatoms. The van der Waals surface area contributed by atoms with Crippen molar-refractivity contribution in [2.24, 2.45) is 0 Å². The summed E-state index contributed by atoms with van der Waals surface area (Å²) in [6, 6.07) is 5.67. The van der Waals surface area contributed by atoms with Crippen molar-refractivity contribution in [1.29, 1.82) is 0 Å². The van der Waals surface area contributed by atoms with Crippen LogP contribution in [0.15, 0.2) is 36.8 Å². The van der Waals surface area contributed by atoms with Crippen molar-refractivity contribution >= 4 is 11.8 Å². The Morgan fingerprint density at radius 2 is 2.10 bits per heavy atom. The van der Waals surface area contributed by atoms with Crippen LogP contribution in [0.2, 0.25) is 0 Å². The third-order valence-electron chi connectivity index (χ3n) is 5.37. The number of aromatic nitrogens is 5. The number of carboxylic acids is 1. The minimum absolute atomic E-state index is 0.131. The van der Waals surface area contributed by atoms with Gasteiger partial charge in [-0.05, 0) is 49.8 Å². The van der Waals surface area contributed by atoms with Crippen LogP contribution in [0.25, 0.3) is 0 Å². The fraction of sp³-hybridized carbons (Fsp3) is 0.409. The average molecular weight is 422 g/mol. The average Bonchev–Trinajstić information content (AvgIpc) is 3.26. The van der Waals surface area contributed by atoms with E-state index in [1.54, 1.807) is 10.9 Å². The summed E-state index contributed by atoms with van der Waals surface area (Å²) in [6.45, 7) is 0.983. The number of aryl methyl sites for hydroxylation is 3. The van der Waals surface area contributed by atoms with Crippen molar-refractivity contribution in [3.8, 4) is 5.88 Å². The number of pyridine rings is 1. The molecule has 3 aromatic heterocycles. The third kappa shape index (κ3) is 5.17. The number of carbonyl (C=O) groups is 1. The SMILES string of the molecule is COc1cnc(C(CC(=O)O)n2ccc(CCCc3ccc4c(n3)NCCC4)n2)cn1. The number of anilines is 1. The molecular formula is C22H26N6O3. The molecule has 2 N–H and O–H groups in total. The Balaban J connectivity index is 1.40. The van der Waals surface area contributed by atoms with Crippen LogP contribution >= 0.6 is 0 Å². The monoisotopic (exact) mass is 422 g/mol. The van der Waals surface area contributed by atoms with Gasteiger partial charge < -0.3 is 15.2 Å². The van der Waals surface area contributed by atoms with Gasteiger partial charge in [0.2, 0.25) is 5.88 Å². The highest BCUT2D eigenvalue weighted by Crippen LogP contribution is 2.22. The van der Waals surface area contributed by atoms with Gasteiger partial charge in [0.05, 0.1) is 37.3 Å². The smallest absolute Gasteiger partial charge is 0.305 e. The van der Waals surface area contributed by atoms with Crippen LogP contribution in [0.3, 0.4) is 0 Å². The molecule has 0 saturated heterocycles. The van der Waals surface area contributed by atoms with Crippen LogP contribution in [0, 0.1) is 0 Å². The minimum atomic E-state index is -0.924. The summed E-state index contributed by atoms with van der Waals surface area (Å²) in [5.41, 5.74) is 3.81. The standard InChI is InChI=1S/C22H26N6O3/c1-31-20-14-24-18(13-25-20)19(12-21(29)30)28-11-9-17(27-28)6-2-5-16-8-7-15-4-3-10-23-22(15)26-16/h7-9,11,13-14,19H,2-6,10,12H2,1H3,(H,23,26)(H,29,30). The second kappa shape index (κ2) is 9.55. The molecule has 0 saturated carbocycles. The van der Waals surface area contributed by atoms with Gasteiger partial charge in [0.1, 0.15) is 11.9 Å². The zero-order valence-corrected chi connectivity index (χ0v) is 17.5. The highest BCUT2D eigenvalue weighted by molar-refractivity contribution is 5.67. The van der Waals surface area contributed by atoms with Gasteiger partial charge in [0.15, 0.2) is 0 Å². The van der Waals surface area contributed by atoms with E-state index < -0.39 is 12.0 Å². The molecule has 1 aliphatic heterocycles. The third-order valence-corrected chi connectivity index (χ3v) is 5.37. The molecule has 3 aromatic rings. The van der Waals surface area contributed by atoms with E-state index in [1.165, 1.54) is 25.1 Å². The van der Waals surface area contributed by atoms with E-state index in [0.29, 0.717) is 11.6 Å². The number of ether oxygens (including phenoxy) is 1. The number of carboxylic acid groups (broad SMARTS) is 1. The minimum Gasteiger partial charge on any atom is -0.481 e. The Bertz CT molecular complexity index is 1030. The molecule has 162 valence electrons. The molecule has 1 atom stereocenters. The van der Waals surface area contributed by atoms with Crippen molar-refractivity contribution in [3.63, 3.8) is 0 Å². The summed E-state index contributed by atoms with van der Waals surface area (Å²) >= 11 is 0. The first-order chi connectivity index (χ1) is 15.1. The van der Waals surface area contributed by atoms with Crippen LogP contribution in [-0.4, -0.2) is 49.5 Å². The quantitative estimate of drug-likeness (QED) is 0.541. The van der Waals surface area contributed by atoms with Crippen molar-refractivity contribution in [3.05, 3.63) is 59.4 Å². The molecule has 31 heavy (non-hydrogen) atoms. The number of aliphatic carboxylic acids is 1. The van der Waals surface area contributed by atoms with Crippen LogP contribution in [-0.2, 0) is 24.1 Å². The first-order valence-corrected chi connectivity index (χ1v) is 10.5. The van der Waals surface area contributed by atoms with E-state index in [2.05, 4.69) is 32.5 Å². The summed E-state index contributed by atoms with van der Waals surface area (Å²) in [5.74, 6) is 0.474. The first-order valence-electron chi connectivity index (χ1n) is 10.5. The fourth-order valence-electron chi connectivity index (χ4n) is 3.75. The van der Waals surface area contributed by atoms with E-state index >= 15 is 0 Å². The second-order valence-electron chi connectivity index (χ2n) is 7.58. The number of hydrogen-bond donors (Lipinski definition) is 2. The zero-order valence-electron chi connectivity index (χ0n) is 17.5. The Morgan fingerprint density at radius 3 is 2.87 bits per heavy atom. The lowest BCUT2D eigenvalue weighted by Gasteiger charge is -2.17. The number of rotatable bonds is 9. The Kier molecular flexibility index (Phi) is 6.40. The molecule has 0 aliphatic carbocycles. The molecule has 1 aliphatic rings. The molecule has 0 amide bonds. The van der Waals surface area contributed by atoms with Crippen molar-refractivity contribution in [2.45, 2.75) is 44.6 Å². The molecule has 0 spiro atoms. The summed E-state index contributed by atoms with van der Waals surface area (Å²) in [5, 5.41) is 17.3. The van der Waals surface area contributed by atoms with Crippen molar-refractivity contribution in [2.75, 3.05) is 19.0 Å². The van der Waals surface area contributed by atoms with E-state index in [4.69, 9.17) is 9.72 Å². The zero-order chi connectivity index (χ0) is 21.6. The summed E-state index contributed by atoms with van der Waals surface area (Å²) in [7, 11) is 1.51. The molecule has 9 nitrogen and oxygen atoms in total. The molecule has 4 rings (SSSR count). The second-order valence-corrected chi connectivity index (χ2v) is 7.58. The maximum Gasteiger partial charge on any atom is 0.305 e.